The highest BCUT2D eigenvalue weighted by molar-refractivity contribution is 5.98. The second-order valence-corrected chi connectivity index (χ2v) is 5.22. The van der Waals surface area contributed by atoms with Gasteiger partial charge in [0.1, 0.15) is 5.82 Å². The standard InChI is InChI=1S/C17H15FN2O5/c1-10-12(6-5-9-15(10)20(23)24)17(22)25-11(2)16(21)19-14-8-4-3-7-13(14)18/h3-9,11H,1-2H3,(H,19,21)/t11-/m0/s1. The van der Waals surface area contributed by atoms with Gasteiger partial charge in [-0.05, 0) is 32.0 Å². The summed E-state index contributed by atoms with van der Waals surface area (Å²) in [4.78, 5) is 34.5. The van der Waals surface area contributed by atoms with E-state index < -0.39 is 28.7 Å². The predicted octanol–water partition coefficient (Wildman–Crippen LogP) is 3.23. The quantitative estimate of drug-likeness (QED) is 0.509. The van der Waals surface area contributed by atoms with Crippen molar-refractivity contribution >= 4 is 23.3 Å². The molecule has 25 heavy (non-hydrogen) atoms. The Morgan fingerprint density at radius 1 is 1.20 bits per heavy atom. The SMILES string of the molecule is Cc1c(C(=O)O[C@@H](C)C(=O)Nc2ccccc2F)cccc1[N+](=O)[O-]. The first-order valence-electron chi connectivity index (χ1n) is 7.31. The molecule has 2 rings (SSSR count). The van der Waals surface area contributed by atoms with Crippen LogP contribution in [0.2, 0.25) is 0 Å². The van der Waals surface area contributed by atoms with E-state index in [1.807, 2.05) is 0 Å². The maximum Gasteiger partial charge on any atom is 0.339 e. The molecular weight excluding hydrogens is 331 g/mol. The van der Waals surface area contributed by atoms with Crippen LogP contribution in [0.15, 0.2) is 42.5 Å². The highest BCUT2D eigenvalue weighted by Gasteiger charge is 2.23. The molecule has 0 unspecified atom stereocenters. The van der Waals surface area contributed by atoms with Gasteiger partial charge >= 0.3 is 5.97 Å². The Morgan fingerprint density at radius 3 is 2.52 bits per heavy atom. The van der Waals surface area contributed by atoms with Crippen molar-refractivity contribution in [2.24, 2.45) is 0 Å². The van der Waals surface area contributed by atoms with Crippen LogP contribution in [0.3, 0.4) is 0 Å². The number of esters is 1. The topological polar surface area (TPSA) is 98.5 Å². The molecule has 0 fully saturated rings. The molecule has 0 aliphatic rings. The van der Waals surface area contributed by atoms with E-state index >= 15 is 0 Å². The molecule has 130 valence electrons. The molecule has 0 saturated carbocycles. The van der Waals surface area contributed by atoms with Gasteiger partial charge in [-0.2, -0.15) is 0 Å². The zero-order valence-electron chi connectivity index (χ0n) is 13.5. The van der Waals surface area contributed by atoms with Crippen molar-refractivity contribution in [3.8, 4) is 0 Å². The fourth-order valence-electron chi connectivity index (χ4n) is 2.12. The first-order valence-corrected chi connectivity index (χ1v) is 7.31. The molecule has 1 amide bonds. The molecule has 0 aliphatic carbocycles. The lowest BCUT2D eigenvalue weighted by Gasteiger charge is -2.14. The van der Waals surface area contributed by atoms with Gasteiger partial charge < -0.3 is 10.1 Å². The number of anilines is 1. The number of ether oxygens (including phenoxy) is 1. The van der Waals surface area contributed by atoms with E-state index in [-0.39, 0.29) is 22.5 Å². The van der Waals surface area contributed by atoms with E-state index in [4.69, 9.17) is 4.74 Å². The number of hydrogen-bond acceptors (Lipinski definition) is 5. The van der Waals surface area contributed by atoms with Crippen molar-refractivity contribution in [1.29, 1.82) is 0 Å². The smallest absolute Gasteiger partial charge is 0.339 e. The van der Waals surface area contributed by atoms with Gasteiger partial charge in [-0.15, -0.1) is 0 Å². The molecule has 0 aromatic heterocycles. The van der Waals surface area contributed by atoms with Gasteiger partial charge in [-0.3, -0.25) is 14.9 Å². The van der Waals surface area contributed by atoms with E-state index in [1.165, 1.54) is 50.2 Å². The number of benzene rings is 2. The predicted molar refractivity (Wildman–Crippen MR) is 87.7 cm³/mol. The molecule has 2 aromatic carbocycles. The third-order valence-corrected chi connectivity index (χ3v) is 3.51. The summed E-state index contributed by atoms with van der Waals surface area (Å²) in [6.07, 6.45) is -1.22. The van der Waals surface area contributed by atoms with Crippen LogP contribution in [0.25, 0.3) is 0 Å². The Labute approximate surface area is 142 Å². The fourth-order valence-corrected chi connectivity index (χ4v) is 2.12. The third-order valence-electron chi connectivity index (χ3n) is 3.51. The largest absolute Gasteiger partial charge is 0.449 e. The molecule has 0 aliphatic heterocycles. The van der Waals surface area contributed by atoms with Gasteiger partial charge in [-0.25, -0.2) is 9.18 Å². The molecule has 1 N–H and O–H groups in total. The molecule has 7 nitrogen and oxygen atoms in total. The van der Waals surface area contributed by atoms with Crippen LogP contribution >= 0.6 is 0 Å². The second kappa shape index (κ2) is 7.52. The molecule has 0 spiro atoms. The summed E-state index contributed by atoms with van der Waals surface area (Å²) in [5.74, 6) is -2.22. The van der Waals surface area contributed by atoms with Gasteiger partial charge in [0.2, 0.25) is 0 Å². The van der Waals surface area contributed by atoms with Gasteiger partial charge in [0.15, 0.2) is 6.10 Å². The number of amides is 1. The van der Waals surface area contributed by atoms with Crippen LogP contribution in [0.5, 0.6) is 0 Å². The van der Waals surface area contributed by atoms with Gasteiger partial charge in [0.05, 0.1) is 16.2 Å². The van der Waals surface area contributed by atoms with Crippen LogP contribution < -0.4 is 5.32 Å². The molecule has 2 aromatic rings. The first-order chi connectivity index (χ1) is 11.8. The molecule has 0 heterocycles. The summed E-state index contributed by atoms with van der Waals surface area (Å²) in [6, 6.07) is 9.55. The maximum atomic E-state index is 13.5. The Balaban J connectivity index is 2.10. The number of nitro benzene ring substituents is 1. The van der Waals surface area contributed by atoms with Gasteiger partial charge in [0, 0.05) is 11.6 Å². The molecular formula is C17H15FN2O5. The number of carbonyl (C=O) groups is 2. The lowest BCUT2D eigenvalue weighted by Crippen LogP contribution is -2.30. The fraction of sp³-hybridized carbons (Fsp3) is 0.176. The highest BCUT2D eigenvalue weighted by Crippen LogP contribution is 2.22. The number of para-hydroxylation sites is 1. The molecule has 8 heteroatoms. The van der Waals surface area contributed by atoms with Gasteiger partial charge in [0.25, 0.3) is 11.6 Å². The van der Waals surface area contributed by atoms with Crippen molar-refractivity contribution in [2.45, 2.75) is 20.0 Å². The van der Waals surface area contributed by atoms with Crippen molar-refractivity contribution in [3.63, 3.8) is 0 Å². The van der Waals surface area contributed by atoms with Crippen LogP contribution in [0, 0.1) is 22.9 Å². The van der Waals surface area contributed by atoms with Crippen molar-refractivity contribution in [3.05, 3.63) is 69.5 Å². The molecule has 0 bridgehead atoms. The maximum absolute atomic E-state index is 13.5. The average Bonchev–Trinajstić information content (AvgIpc) is 2.56. The second-order valence-electron chi connectivity index (χ2n) is 5.22. The Bertz CT molecular complexity index is 838. The van der Waals surface area contributed by atoms with Crippen molar-refractivity contribution in [2.75, 3.05) is 5.32 Å². The van der Waals surface area contributed by atoms with Crippen LogP contribution in [0.1, 0.15) is 22.8 Å². The summed E-state index contributed by atoms with van der Waals surface area (Å²) in [7, 11) is 0. The number of carbonyl (C=O) groups excluding carboxylic acids is 2. The van der Waals surface area contributed by atoms with Crippen LogP contribution in [0.4, 0.5) is 15.8 Å². The summed E-state index contributed by atoms with van der Waals surface area (Å²) in [5, 5.41) is 13.2. The zero-order valence-corrected chi connectivity index (χ0v) is 13.5. The molecule has 0 radical (unpaired) electrons. The Morgan fingerprint density at radius 2 is 1.88 bits per heavy atom. The summed E-state index contributed by atoms with van der Waals surface area (Å²) >= 11 is 0. The average molecular weight is 346 g/mol. The lowest BCUT2D eigenvalue weighted by atomic mass is 10.1. The van der Waals surface area contributed by atoms with E-state index in [0.29, 0.717) is 0 Å². The number of hydrogen-bond donors (Lipinski definition) is 1. The van der Waals surface area contributed by atoms with Crippen LogP contribution in [-0.4, -0.2) is 22.9 Å². The van der Waals surface area contributed by atoms with Crippen molar-refractivity contribution in [1.82, 2.24) is 0 Å². The zero-order chi connectivity index (χ0) is 18.6. The number of nitro groups is 1. The number of rotatable bonds is 5. The molecule has 1 atom stereocenters. The first kappa shape index (κ1) is 18.1. The van der Waals surface area contributed by atoms with E-state index in [2.05, 4.69) is 5.32 Å². The minimum Gasteiger partial charge on any atom is -0.449 e. The normalized spacial score (nSPS) is 11.5. The number of halogens is 1. The number of nitrogens with one attached hydrogen (secondary N) is 1. The lowest BCUT2D eigenvalue weighted by molar-refractivity contribution is -0.385. The van der Waals surface area contributed by atoms with Gasteiger partial charge in [-0.1, -0.05) is 18.2 Å². The Kier molecular flexibility index (Phi) is 5.43. The highest BCUT2D eigenvalue weighted by atomic mass is 19.1. The summed E-state index contributed by atoms with van der Waals surface area (Å²) in [5.41, 5.74) is -0.140. The Hall–Kier alpha value is -3.29. The van der Waals surface area contributed by atoms with E-state index in [9.17, 15) is 24.1 Å². The van der Waals surface area contributed by atoms with E-state index in [1.54, 1.807) is 6.07 Å². The van der Waals surface area contributed by atoms with Crippen molar-refractivity contribution < 1.29 is 23.6 Å². The number of nitrogens with zero attached hydrogens (tertiary/aromatic N) is 1. The minimum absolute atomic E-state index is 0.0141. The molecule has 0 saturated heterocycles. The summed E-state index contributed by atoms with van der Waals surface area (Å²) < 4.78 is 18.6. The van der Waals surface area contributed by atoms with E-state index in [0.717, 1.165) is 0 Å². The summed E-state index contributed by atoms with van der Waals surface area (Å²) in [6.45, 7) is 2.74. The van der Waals surface area contributed by atoms with Crippen LogP contribution in [-0.2, 0) is 9.53 Å². The monoisotopic (exact) mass is 346 g/mol. The minimum atomic E-state index is -1.22. The third kappa shape index (κ3) is 4.17.